The highest BCUT2D eigenvalue weighted by Crippen LogP contribution is 2.41. The summed E-state index contributed by atoms with van der Waals surface area (Å²) in [6.45, 7) is 2.63. The maximum atomic E-state index is 11.7. The van der Waals surface area contributed by atoms with Gasteiger partial charge >= 0.3 is 0 Å². The summed E-state index contributed by atoms with van der Waals surface area (Å²) in [6, 6.07) is -0.165. The molecule has 2 aliphatic rings. The Morgan fingerprint density at radius 3 is 2.78 bits per heavy atom. The van der Waals surface area contributed by atoms with Crippen LogP contribution in [0.3, 0.4) is 0 Å². The quantitative estimate of drug-likeness (QED) is 0.855. The van der Waals surface area contributed by atoms with Crippen molar-refractivity contribution < 1.29 is 8.42 Å². The van der Waals surface area contributed by atoms with Crippen LogP contribution < -0.4 is 5.32 Å². The van der Waals surface area contributed by atoms with E-state index < -0.39 is 9.84 Å². The summed E-state index contributed by atoms with van der Waals surface area (Å²) >= 11 is 0. The SMILES string of the molecule is CCc1[nH]c(C2CS(=O)(=O)CCN2)nc1C1CC1. The van der Waals surface area contributed by atoms with E-state index in [-0.39, 0.29) is 17.5 Å². The lowest BCUT2D eigenvalue weighted by molar-refractivity contribution is 0.517. The van der Waals surface area contributed by atoms with Gasteiger partial charge in [-0.05, 0) is 19.3 Å². The molecular formula is C12H19N3O2S. The van der Waals surface area contributed by atoms with E-state index in [9.17, 15) is 8.42 Å². The molecule has 0 aromatic carbocycles. The van der Waals surface area contributed by atoms with Crippen molar-refractivity contribution in [2.75, 3.05) is 18.1 Å². The smallest absolute Gasteiger partial charge is 0.153 e. The molecule has 3 rings (SSSR count). The highest BCUT2D eigenvalue weighted by Gasteiger charge is 2.32. The van der Waals surface area contributed by atoms with Crippen molar-refractivity contribution in [2.24, 2.45) is 0 Å². The van der Waals surface area contributed by atoms with Crippen LogP contribution in [0.4, 0.5) is 0 Å². The molecule has 5 nitrogen and oxygen atoms in total. The summed E-state index contributed by atoms with van der Waals surface area (Å²) in [5.41, 5.74) is 2.34. The molecule has 2 fully saturated rings. The van der Waals surface area contributed by atoms with Crippen LogP contribution in [0, 0.1) is 0 Å². The second kappa shape index (κ2) is 4.35. The van der Waals surface area contributed by atoms with Crippen molar-refractivity contribution >= 4 is 9.84 Å². The van der Waals surface area contributed by atoms with E-state index in [4.69, 9.17) is 0 Å². The Balaban J connectivity index is 1.87. The lowest BCUT2D eigenvalue weighted by atomic mass is 10.2. The van der Waals surface area contributed by atoms with Gasteiger partial charge in [0.25, 0.3) is 0 Å². The maximum Gasteiger partial charge on any atom is 0.153 e. The van der Waals surface area contributed by atoms with Gasteiger partial charge in [0.2, 0.25) is 0 Å². The number of hydrogen-bond acceptors (Lipinski definition) is 4. The third kappa shape index (κ3) is 2.31. The number of aryl methyl sites for hydroxylation is 1. The largest absolute Gasteiger partial charge is 0.344 e. The molecule has 6 heteroatoms. The molecule has 18 heavy (non-hydrogen) atoms. The molecule has 1 aliphatic carbocycles. The summed E-state index contributed by atoms with van der Waals surface area (Å²) in [6.07, 6.45) is 3.36. The van der Waals surface area contributed by atoms with Gasteiger partial charge in [0, 0.05) is 18.2 Å². The molecule has 100 valence electrons. The van der Waals surface area contributed by atoms with Gasteiger partial charge in [-0.15, -0.1) is 0 Å². The monoisotopic (exact) mass is 269 g/mol. The van der Waals surface area contributed by atoms with E-state index in [1.54, 1.807) is 0 Å². The van der Waals surface area contributed by atoms with Gasteiger partial charge in [0.15, 0.2) is 9.84 Å². The first kappa shape index (κ1) is 12.2. The fraction of sp³-hybridized carbons (Fsp3) is 0.750. The van der Waals surface area contributed by atoms with Crippen molar-refractivity contribution in [3.8, 4) is 0 Å². The first-order valence-corrected chi connectivity index (χ1v) is 8.43. The van der Waals surface area contributed by atoms with E-state index in [0.29, 0.717) is 12.5 Å². The standard InChI is InChI=1S/C12H19N3O2S/c1-2-9-11(8-3-4-8)15-12(14-9)10-7-18(16,17)6-5-13-10/h8,10,13H,2-7H2,1H3,(H,14,15). The molecule has 0 amide bonds. The van der Waals surface area contributed by atoms with Gasteiger partial charge in [-0.2, -0.15) is 0 Å². The van der Waals surface area contributed by atoms with Gasteiger partial charge in [-0.1, -0.05) is 6.92 Å². The Hall–Kier alpha value is -0.880. The zero-order valence-corrected chi connectivity index (χ0v) is 11.4. The Bertz CT molecular complexity index is 546. The molecule has 0 bridgehead atoms. The second-order valence-corrected chi connectivity index (χ2v) is 7.46. The van der Waals surface area contributed by atoms with Crippen LogP contribution in [-0.2, 0) is 16.3 Å². The molecule has 1 unspecified atom stereocenters. The van der Waals surface area contributed by atoms with E-state index >= 15 is 0 Å². The van der Waals surface area contributed by atoms with Crippen LogP contribution in [0.1, 0.15) is 48.9 Å². The fourth-order valence-corrected chi connectivity index (χ4v) is 3.91. The van der Waals surface area contributed by atoms with Crippen LogP contribution in [0.15, 0.2) is 0 Å². The lowest BCUT2D eigenvalue weighted by Gasteiger charge is -2.21. The number of aromatic amines is 1. The highest BCUT2D eigenvalue weighted by atomic mass is 32.2. The molecule has 1 saturated heterocycles. The van der Waals surface area contributed by atoms with Gasteiger partial charge < -0.3 is 10.3 Å². The molecule has 1 atom stereocenters. The van der Waals surface area contributed by atoms with Crippen LogP contribution in [-0.4, -0.2) is 36.4 Å². The van der Waals surface area contributed by atoms with Crippen molar-refractivity contribution in [1.82, 2.24) is 15.3 Å². The molecule has 0 spiro atoms. The third-order valence-corrected chi connectivity index (χ3v) is 5.37. The summed E-state index contributed by atoms with van der Waals surface area (Å²) in [4.78, 5) is 7.97. The summed E-state index contributed by atoms with van der Waals surface area (Å²) in [5.74, 6) is 1.80. The third-order valence-electron chi connectivity index (χ3n) is 3.70. The van der Waals surface area contributed by atoms with E-state index in [1.807, 2.05) is 0 Å². The minimum atomic E-state index is -2.92. The fourth-order valence-electron chi connectivity index (χ4n) is 2.53. The van der Waals surface area contributed by atoms with E-state index in [2.05, 4.69) is 22.2 Å². The number of nitrogens with zero attached hydrogens (tertiary/aromatic N) is 1. The minimum Gasteiger partial charge on any atom is -0.344 e. The van der Waals surface area contributed by atoms with Crippen molar-refractivity contribution in [2.45, 2.75) is 38.1 Å². The normalized spacial score (nSPS) is 27.3. The lowest BCUT2D eigenvalue weighted by Crippen LogP contribution is -2.39. The molecular weight excluding hydrogens is 250 g/mol. The molecule has 1 saturated carbocycles. The average molecular weight is 269 g/mol. The molecule has 1 aromatic rings. The van der Waals surface area contributed by atoms with Gasteiger partial charge in [-0.25, -0.2) is 13.4 Å². The van der Waals surface area contributed by atoms with Crippen LogP contribution >= 0.6 is 0 Å². The number of hydrogen-bond donors (Lipinski definition) is 2. The molecule has 0 radical (unpaired) electrons. The van der Waals surface area contributed by atoms with Crippen molar-refractivity contribution in [3.05, 3.63) is 17.2 Å². The minimum absolute atomic E-state index is 0.160. The van der Waals surface area contributed by atoms with Crippen LogP contribution in [0.2, 0.25) is 0 Å². The average Bonchev–Trinajstić information content (AvgIpc) is 3.07. The summed E-state index contributed by atoms with van der Waals surface area (Å²) in [5, 5.41) is 3.24. The van der Waals surface area contributed by atoms with Gasteiger partial charge in [0.05, 0.1) is 23.2 Å². The predicted octanol–water partition coefficient (Wildman–Crippen LogP) is 0.909. The van der Waals surface area contributed by atoms with Crippen LogP contribution in [0.25, 0.3) is 0 Å². The van der Waals surface area contributed by atoms with Crippen molar-refractivity contribution in [1.29, 1.82) is 0 Å². The maximum absolute atomic E-state index is 11.7. The zero-order valence-electron chi connectivity index (χ0n) is 10.6. The molecule has 2 heterocycles. The number of rotatable bonds is 3. The first-order valence-electron chi connectivity index (χ1n) is 6.61. The topological polar surface area (TPSA) is 74.8 Å². The Morgan fingerprint density at radius 2 is 2.17 bits per heavy atom. The van der Waals surface area contributed by atoms with Gasteiger partial charge in [0.1, 0.15) is 5.82 Å². The number of imidazole rings is 1. The Kier molecular flexibility index (Phi) is 2.94. The van der Waals surface area contributed by atoms with E-state index in [1.165, 1.54) is 18.5 Å². The summed E-state index contributed by atoms with van der Waals surface area (Å²) in [7, 11) is -2.92. The van der Waals surface area contributed by atoms with Gasteiger partial charge in [-0.3, -0.25) is 0 Å². The molecule has 2 N–H and O–H groups in total. The van der Waals surface area contributed by atoms with Crippen molar-refractivity contribution in [3.63, 3.8) is 0 Å². The summed E-state index contributed by atoms with van der Waals surface area (Å²) < 4.78 is 23.3. The first-order chi connectivity index (χ1) is 8.59. The number of H-pyrrole nitrogens is 1. The van der Waals surface area contributed by atoms with Crippen LogP contribution in [0.5, 0.6) is 0 Å². The Labute approximate surface area is 107 Å². The zero-order chi connectivity index (χ0) is 12.8. The highest BCUT2D eigenvalue weighted by molar-refractivity contribution is 7.91. The Morgan fingerprint density at radius 1 is 1.39 bits per heavy atom. The molecule has 1 aliphatic heterocycles. The number of aromatic nitrogens is 2. The molecule has 1 aromatic heterocycles. The van der Waals surface area contributed by atoms with E-state index in [0.717, 1.165) is 17.9 Å². The predicted molar refractivity (Wildman–Crippen MR) is 69.3 cm³/mol. The second-order valence-electron chi connectivity index (χ2n) is 5.23. The number of nitrogens with one attached hydrogen (secondary N) is 2. The number of sulfone groups is 1.